The highest BCUT2D eigenvalue weighted by molar-refractivity contribution is 7.11. The summed E-state index contributed by atoms with van der Waals surface area (Å²) in [5.41, 5.74) is -0.144. The maximum absolute atomic E-state index is 5.91. The van der Waals surface area contributed by atoms with E-state index in [1.807, 2.05) is 13.2 Å². The number of hydrogen-bond acceptors (Lipinski definition) is 4. The van der Waals surface area contributed by atoms with Crippen LogP contribution >= 0.6 is 11.3 Å². The smallest absolute Gasteiger partial charge is 0.125 e. The molecule has 0 bridgehead atoms. The van der Waals surface area contributed by atoms with Gasteiger partial charge in [-0.15, -0.1) is 11.3 Å². The molecule has 2 rings (SSSR count). The summed E-state index contributed by atoms with van der Waals surface area (Å²) in [5, 5.41) is 4.37. The minimum atomic E-state index is -0.144. The highest BCUT2D eigenvalue weighted by atomic mass is 32.1. The molecule has 90 valence electrons. The van der Waals surface area contributed by atoms with Crippen molar-refractivity contribution in [3.05, 3.63) is 16.1 Å². The average Bonchev–Trinajstić information content (AvgIpc) is 2.79. The van der Waals surface area contributed by atoms with Gasteiger partial charge < -0.3 is 10.1 Å². The van der Waals surface area contributed by atoms with E-state index in [9.17, 15) is 0 Å². The predicted molar refractivity (Wildman–Crippen MR) is 66.7 cm³/mol. The number of thiazole rings is 1. The molecule has 0 spiro atoms. The Hall–Kier alpha value is -0.450. The third-order valence-electron chi connectivity index (χ3n) is 3.30. The van der Waals surface area contributed by atoms with Crippen molar-refractivity contribution in [3.63, 3.8) is 0 Å². The summed E-state index contributed by atoms with van der Waals surface area (Å²) in [5.74, 6) is 0. The van der Waals surface area contributed by atoms with Crippen molar-refractivity contribution < 1.29 is 4.74 Å². The molecule has 1 aliphatic rings. The lowest BCUT2D eigenvalue weighted by atomic mass is 9.97. The highest BCUT2D eigenvalue weighted by Gasteiger charge is 2.33. The minimum Gasteiger partial charge on any atom is -0.368 e. The summed E-state index contributed by atoms with van der Waals surface area (Å²) in [6.45, 7) is 5.19. The molecule has 1 fully saturated rings. The number of nitrogens with zero attached hydrogens (tertiary/aromatic N) is 1. The SMILES string of the molecule is CNC(C)c1cnc(C2(C)CCCCO2)s1. The van der Waals surface area contributed by atoms with E-state index in [4.69, 9.17) is 4.74 Å². The first-order valence-corrected chi connectivity index (χ1v) is 6.75. The van der Waals surface area contributed by atoms with Gasteiger partial charge >= 0.3 is 0 Å². The fraction of sp³-hybridized carbons (Fsp3) is 0.750. The first kappa shape index (κ1) is 12.0. The molecule has 1 aliphatic heterocycles. The van der Waals surface area contributed by atoms with E-state index in [0.717, 1.165) is 18.0 Å². The molecular weight excluding hydrogens is 220 g/mol. The zero-order chi connectivity index (χ0) is 11.6. The second-order valence-electron chi connectivity index (χ2n) is 4.61. The van der Waals surface area contributed by atoms with Gasteiger partial charge in [-0.3, -0.25) is 0 Å². The average molecular weight is 240 g/mol. The van der Waals surface area contributed by atoms with Gasteiger partial charge in [-0.25, -0.2) is 4.98 Å². The Bertz CT molecular complexity index is 345. The quantitative estimate of drug-likeness (QED) is 0.882. The fourth-order valence-corrected chi connectivity index (χ4v) is 3.08. The number of rotatable bonds is 3. The first-order chi connectivity index (χ1) is 7.65. The van der Waals surface area contributed by atoms with E-state index in [1.54, 1.807) is 11.3 Å². The molecule has 0 aliphatic carbocycles. The van der Waals surface area contributed by atoms with Crippen molar-refractivity contribution in [1.82, 2.24) is 10.3 Å². The van der Waals surface area contributed by atoms with Crippen LogP contribution in [0.4, 0.5) is 0 Å². The van der Waals surface area contributed by atoms with Crippen LogP contribution in [0, 0.1) is 0 Å². The summed E-state index contributed by atoms with van der Waals surface area (Å²) in [6.07, 6.45) is 5.49. The second-order valence-corrected chi connectivity index (χ2v) is 5.68. The Morgan fingerprint density at radius 2 is 2.38 bits per heavy atom. The van der Waals surface area contributed by atoms with Gasteiger partial charge in [0, 0.05) is 23.7 Å². The summed E-state index contributed by atoms with van der Waals surface area (Å²) >= 11 is 1.77. The normalized spacial score (nSPS) is 27.9. The van der Waals surface area contributed by atoms with Crippen LogP contribution in [-0.2, 0) is 10.3 Å². The molecule has 0 radical (unpaired) electrons. The Morgan fingerprint density at radius 1 is 1.56 bits per heavy atom. The van der Waals surface area contributed by atoms with Crippen LogP contribution in [-0.4, -0.2) is 18.6 Å². The highest BCUT2D eigenvalue weighted by Crippen LogP contribution is 2.37. The molecule has 2 heterocycles. The lowest BCUT2D eigenvalue weighted by molar-refractivity contribution is -0.0702. The third-order valence-corrected chi connectivity index (χ3v) is 4.73. The maximum Gasteiger partial charge on any atom is 0.125 e. The second kappa shape index (κ2) is 4.82. The van der Waals surface area contributed by atoms with Crippen LogP contribution in [0.25, 0.3) is 0 Å². The molecule has 4 heteroatoms. The van der Waals surface area contributed by atoms with Crippen LogP contribution in [0.1, 0.15) is 49.0 Å². The van der Waals surface area contributed by atoms with Crippen molar-refractivity contribution >= 4 is 11.3 Å². The van der Waals surface area contributed by atoms with Crippen molar-refractivity contribution in [2.24, 2.45) is 0 Å². The summed E-state index contributed by atoms with van der Waals surface area (Å²) in [4.78, 5) is 5.82. The van der Waals surface area contributed by atoms with Crippen molar-refractivity contribution in [2.45, 2.75) is 44.8 Å². The van der Waals surface area contributed by atoms with E-state index in [2.05, 4.69) is 24.1 Å². The molecule has 0 saturated carbocycles. The van der Waals surface area contributed by atoms with E-state index in [-0.39, 0.29) is 5.60 Å². The van der Waals surface area contributed by atoms with Crippen LogP contribution in [0.5, 0.6) is 0 Å². The lowest BCUT2D eigenvalue weighted by Crippen LogP contribution is -2.29. The number of nitrogens with one attached hydrogen (secondary N) is 1. The molecule has 2 unspecified atom stereocenters. The largest absolute Gasteiger partial charge is 0.368 e. The molecule has 0 aromatic carbocycles. The molecule has 1 saturated heterocycles. The molecule has 1 aromatic heterocycles. The zero-order valence-corrected chi connectivity index (χ0v) is 11.1. The molecular formula is C12H20N2OS. The first-order valence-electron chi connectivity index (χ1n) is 5.93. The van der Waals surface area contributed by atoms with Crippen LogP contribution < -0.4 is 5.32 Å². The van der Waals surface area contributed by atoms with Crippen molar-refractivity contribution in [3.8, 4) is 0 Å². The van der Waals surface area contributed by atoms with Gasteiger partial charge in [0.1, 0.15) is 10.6 Å². The third kappa shape index (κ3) is 2.29. The Labute approximate surface area is 101 Å². The number of aromatic nitrogens is 1. The van der Waals surface area contributed by atoms with Crippen molar-refractivity contribution in [1.29, 1.82) is 0 Å². The molecule has 2 atom stereocenters. The van der Waals surface area contributed by atoms with Crippen molar-refractivity contribution in [2.75, 3.05) is 13.7 Å². The Balaban J connectivity index is 2.17. The van der Waals surface area contributed by atoms with Gasteiger partial charge in [-0.05, 0) is 40.2 Å². The molecule has 3 nitrogen and oxygen atoms in total. The van der Waals surface area contributed by atoms with Gasteiger partial charge in [0.05, 0.1) is 0 Å². The van der Waals surface area contributed by atoms with Crippen LogP contribution in [0.15, 0.2) is 6.20 Å². The van der Waals surface area contributed by atoms with Gasteiger partial charge in [0.15, 0.2) is 0 Å². The van der Waals surface area contributed by atoms with E-state index in [1.165, 1.54) is 17.7 Å². The monoisotopic (exact) mass is 240 g/mol. The maximum atomic E-state index is 5.91. The predicted octanol–water partition coefficient (Wildman–Crippen LogP) is 2.84. The summed E-state index contributed by atoms with van der Waals surface area (Å²) in [6, 6.07) is 0.374. The summed E-state index contributed by atoms with van der Waals surface area (Å²) < 4.78 is 5.91. The molecule has 1 N–H and O–H groups in total. The van der Waals surface area contributed by atoms with Gasteiger partial charge in [0.2, 0.25) is 0 Å². The lowest BCUT2D eigenvalue weighted by Gasteiger charge is -2.31. The van der Waals surface area contributed by atoms with Crippen LogP contribution in [0.2, 0.25) is 0 Å². The van der Waals surface area contributed by atoms with E-state index in [0.29, 0.717) is 6.04 Å². The Kier molecular flexibility index (Phi) is 3.62. The van der Waals surface area contributed by atoms with Gasteiger partial charge in [-0.2, -0.15) is 0 Å². The minimum absolute atomic E-state index is 0.144. The zero-order valence-electron chi connectivity index (χ0n) is 10.2. The van der Waals surface area contributed by atoms with E-state index < -0.39 is 0 Å². The number of ether oxygens (including phenoxy) is 1. The Morgan fingerprint density at radius 3 is 3.00 bits per heavy atom. The van der Waals surface area contributed by atoms with Gasteiger partial charge in [-0.1, -0.05) is 0 Å². The standard InChI is InChI=1S/C12H20N2OS/c1-9(13-3)10-8-14-11(16-10)12(2)6-4-5-7-15-12/h8-9,13H,4-7H2,1-3H3. The number of hydrogen-bond donors (Lipinski definition) is 1. The molecule has 1 aromatic rings. The molecule has 16 heavy (non-hydrogen) atoms. The molecule has 0 amide bonds. The topological polar surface area (TPSA) is 34.2 Å². The van der Waals surface area contributed by atoms with E-state index >= 15 is 0 Å². The van der Waals surface area contributed by atoms with Crippen LogP contribution in [0.3, 0.4) is 0 Å². The van der Waals surface area contributed by atoms with Gasteiger partial charge in [0.25, 0.3) is 0 Å². The fourth-order valence-electron chi connectivity index (χ4n) is 1.98. The summed E-state index contributed by atoms with van der Waals surface area (Å²) in [7, 11) is 1.98.